The topological polar surface area (TPSA) is 60.5 Å². The van der Waals surface area contributed by atoms with Crippen LogP contribution in [0.3, 0.4) is 0 Å². The number of aromatic nitrogens is 1. The van der Waals surface area contributed by atoms with Crippen LogP contribution in [0.1, 0.15) is 10.4 Å². The molecule has 0 fully saturated rings. The lowest BCUT2D eigenvalue weighted by Gasteiger charge is -2.07. The number of benzene rings is 1. The zero-order chi connectivity index (χ0) is 15.2. The lowest BCUT2D eigenvalue weighted by atomic mass is 10.1. The molecule has 0 saturated heterocycles. The van der Waals surface area contributed by atoms with Crippen molar-refractivity contribution in [3.63, 3.8) is 0 Å². The van der Waals surface area contributed by atoms with Crippen LogP contribution in [0.2, 0.25) is 0 Å². The van der Waals surface area contributed by atoms with Gasteiger partial charge in [-0.1, -0.05) is 0 Å². The minimum Gasteiger partial charge on any atom is -0.497 e. The molecule has 1 aromatic carbocycles. The maximum atomic E-state index is 11.8. The largest absolute Gasteiger partial charge is 0.497 e. The van der Waals surface area contributed by atoms with Gasteiger partial charge in [0.05, 0.1) is 14.2 Å². The number of hydrogen-bond donors (Lipinski definition) is 1. The summed E-state index contributed by atoms with van der Waals surface area (Å²) >= 11 is 1.43. The Balaban J connectivity index is 2.08. The molecule has 21 heavy (non-hydrogen) atoms. The van der Waals surface area contributed by atoms with Gasteiger partial charge in [-0.05, 0) is 25.1 Å². The number of nitrogens with one attached hydrogen (secondary N) is 1. The number of carbonyl (C=O) groups is 1. The fraction of sp³-hybridized carbons (Fsp3) is 0.200. The SMILES string of the molecule is COc1ccc(/C=C/C(=O)Nc2ncc(C)s2)c(OC)c1. The van der Waals surface area contributed by atoms with Crippen molar-refractivity contribution in [3.8, 4) is 11.5 Å². The van der Waals surface area contributed by atoms with Gasteiger partial charge in [0.2, 0.25) is 5.91 Å². The van der Waals surface area contributed by atoms with Gasteiger partial charge in [-0.25, -0.2) is 4.98 Å². The summed E-state index contributed by atoms with van der Waals surface area (Å²) in [6.07, 6.45) is 4.85. The summed E-state index contributed by atoms with van der Waals surface area (Å²) in [5, 5.41) is 3.30. The standard InChI is InChI=1S/C15H16N2O3S/c1-10-9-16-15(21-10)17-14(18)7-5-11-4-6-12(19-2)8-13(11)20-3/h4-9H,1-3H3,(H,16,17,18)/b7-5+. The Kier molecular flexibility index (Phi) is 4.94. The summed E-state index contributed by atoms with van der Waals surface area (Å²) in [6, 6.07) is 5.40. The van der Waals surface area contributed by atoms with E-state index in [2.05, 4.69) is 10.3 Å². The van der Waals surface area contributed by atoms with E-state index >= 15 is 0 Å². The van der Waals surface area contributed by atoms with Crippen molar-refractivity contribution in [2.75, 3.05) is 19.5 Å². The van der Waals surface area contributed by atoms with E-state index in [1.54, 1.807) is 32.6 Å². The van der Waals surface area contributed by atoms with Crippen molar-refractivity contribution in [1.29, 1.82) is 0 Å². The van der Waals surface area contributed by atoms with Crippen LogP contribution in [-0.2, 0) is 4.79 Å². The molecule has 6 heteroatoms. The highest BCUT2D eigenvalue weighted by molar-refractivity contribution is 7.15. The van der Waals surface area contributed by atoms with Crippen molar-refractivity contribution < 1.29 is 14.3 Å². The number of methoxy groups -OCH3 is 2. The number of amides is 1. The molecule has 0 radical (unpaired) electrons. The van der Waals surface area contributed by atoms with Crippen molar-refractivity contribution in [1.82, 2.24) is 4.98 Å². The van der Waals surface area contributed by atoms with Crippen LogP contribution in [0.15, 0.2) is 30.5 Å². The van der Waals surface area contributed by atoms with Crippen molar-refractivity contribution in [2.45, 2.75) is 6.92 Å². The molecule has 1 N–H and O–H groups in total. The summed E-state index contributed by atoms with van der Waals surface area (Å²) in [6.45, 7) is 1.94. The first-order chi connectivity index (χ1) is 10.1. The molecule has 0 atom stereocenters. The Morgan fingerprint density at radius 2 is 2.14 bits per heavy atom. The van der Waals surface area contributed by atoms with E-state index < -0.39 is 0 Å². The van der Waals surface area contributed by atoms with Gasteiger partial charge >= 0.3 is 0 Å². The van der Waals surface area contributed by atoms with Gasteiger partial charge in [0, 0.05) is 28.8 Å². The second kappa shape index (κ2) is 6.90. The third kappa shape index (κ3) is 4.06. The minimum absolute atomic E-state index is 0.234. The molecule has 0 aliphatic rings. The zero-order valence-corrected chi connectivity index (χ0v) is 12.9. The third-order valence-electron chi connectivity index (χ3n) is 2.71. The van der Waals surface area contributed by atoms with Crippen molar-refractivity contribution in [2.24, 2.45) is 0 Å². The molecule has 1 heterocycles. The average molecular weight is 304 g/mol. The Morgan fingerprint density at radius 3 is 2.76 bits per heavy atom. The van der Waals surface area contributed by atoms with Crippen LogP contribution in [0.5, 0.6) is 11.5 Å². The summed E-state index contributed by atoms with van der Waals surface area (Å²) in [5.74, 6) is 1.11. The highest BCUT2D eigenvalue weighted by atomic mass is 32.1. The lowest BCUT2D eigenvalue weighted by Crippen LogP contribution is -2.07. The van der Waals surface area contributed by atoms with E-state index in [4.69, 9.17) is 9.47 Å². The molecule has 1 amide bonds. The predicted molar refractivity (Wildman–Crippen MR) is 84.1 cm³/mol. The minimum atomic E-state index is -0.234. The first-order valence-corrected chi connectivity index (χ1v) is 7.07. The summed E-state index contributed by atoms with van der Waals surface area (Å²) < 4.78 is 10.4. The fourth-order valence-electron chi connectivity index (χ4n) is 1.68. The second-order valence-electron chi connectivity index (χ2n) is 4.21. The van der Waals surface area contributed by atoms with Crippen molar-refractivity contribution >= 4 is 28.5 Å². The van der Waals surface area contributed by atoms with E-state index in [-0.39, 0.29) is 5.91 Å². The van der Waals surface area contributed by atoms with Crippen LogP contribution < -0.4 is 14.8 Å². The molecule has 0 aliphatic carbocycles. The molecular formula is C15H16N2O3S. The van der Waals surface area contributed by atoms with Crippen molar-refractivity contribution in [3.05, 3.63) is 40.9 Å². The van der Waals surface area contributed by atoms with E-state index in [1.807, 2.05) is 19.1 Å². The van der Waals surface area contributed by atoms with Gasteiger partial charge in [0.15, 0.2) is 5.13 Å². The Labute approximate surface area is 127 Å². The highest BCUT2D eigenvalue weighted by Crippen LogP contribution is 2.25. The summed E-state index contributed by atoms with van der Waals surface area (Å²) in [4.78, 5) is 16.9. The first kappa shape index (κ1) is 15.1. The Bertz CT molecular complexity index is 665. The van der Waals surface area contributed by atoms with Gasteiger partial charge in [0.25, 0.3) is 0 Å². The molecule has 1 aromatic heterocycles. The van der Waals surface area contributed by atoms with Crippen LogP contribution in [-0.4, -0.2) is 25.1 Å². The molecular weight excluding hydrogens is 288 g/mol. The molecule has 0 saturated carbocycles. The van der Waals surface area contributed by atoms with E-state index in [1.165, 1.54) is 17.4 Å². The van der Waals surface area contributed by atoms with Gasteiger partial charge < -0.3 is 9.47 Å². The number of rotatable bonds is 5. The lowest BCUT2D eigenvalue weighted by molar-refractivity contribution is -0.111. The number of hydrogen-bond acceptors (Lipinski definition) is 5. The molecule has 0 spiro atoms. The van der Waals surface area contributed by atoms with Crippen LogP contribution in [0.25, 0.3) is 6.08 Å². The normalized spacial score (nSPS) is 10.6. The van der Waals surface area contributed by atoms with Gasteiger partial charge in [-0.2, -0.15) is 0 Å². The summed E-state index contributed by atoms with van der Waals surface area (Å²) in [5.41, 5.74) is 0.795. The number of anilines is 1. The smallest absolute Gasteiger partial charge is 0.250 e. The fourth-order valence-corrected chi connectivity index (χ4v) is 2.35. The number of thiazole rings is 1. The van der Waals surface area contributed by atoms with E-state index in [0.717, 1.165) is 10.4 Å². The maximum Gasteiger partial charge on any atom is 0.250 e. The number of ether oxygens (including phenoxy) is 2. The van der Waals surface area contributed by atoms with Crippen LogP contribution in [0.4, 0.5) is 5.13 Å². The first-order valence-electron chi connectivity index (χ1n) is 6.26. The van der Waals surface area contributed by atoms with Crippen LogP contribution in [0, 0.1) is 6.92 Å². The molecule has 0 aliphatic heterocycles. The average Bonchev–Trinajstić information content (AvgIpc) is 2.90. The zero-order valence-electron chi connectivity index (χ0n) is 12.0. The third-order valence-corrected chi connectivity index (χ3v) is 3.53. The number of carbonyl (C=O) groups excluding carboxylic acids is 1. The van der Waals surface area contributed by atoms with E-state index in [9.17, 15) is 4.79 Å². The number of aryl methyl sites for hydroxylation is 1. The molecule has 110 valence electrons. The van der Waals surface area contributed by atoms with E-state index in [0.29, 0.717) is 16.6 Å². The maximum absolute atomic E-state index is 11.8. The van der Waals surface area contributed by atoms with Gasteiger partial charge in [0.1, 0.15) is 11.5 Å². The molecule has 2 aromatic rings. The quantitative estimate of drug-likeness (QED) is 0.862. The van der Waals surface area contributed by atoms with Gasteiger partial charge in [-0.3, -0.25) is 10.1 Å². The molecule has 2 rings (SSSR count). The Hall–Kier alpha value is -2.34. The highest BCUT2D eigenvalue weighted by Gasteiger charge is 2.04. The summed E-state index contributed by atoms with van der Waals surface area (Å²) in [7, 11) is 3.16. The van der Waals surface area contributed by atoms with Crippen LogP contribution >= 0.6 is 11.3 Å². The second-order valence-corrected chi connectivity index (χ2v) is 5.44. The molecule has 0 bridgehead atoms. The predicted octanol–water partition coefficient (Wildman–Crippen LogP) is 3.12. The Morgan fingerprint density at radius 1 is 1.33 bits per heavy atom. The molecule has 0 unspecified atom stereocenters. The monoisotopic (exact) mass is 304 g/mol. The molecule has 5 nitrogen and oxygen atoms in total. The van der Waals surface area contributed by atoms with Gasteiger partial charge in [-0.15, -0.1) is 11.3 Å². The number of nitrogens with zero attached hydrogens (tertiary/aromatic N) is 1.